The standard InChI is InChI=1S/C13H8BrClN2O4/c14-9-6-8(17(20)21)2-4-11(9)16-13(19)7-1-3-10(15)12(18)5-7/h1-6,18H,(H,16,19). The van der Waals surface area contributed by atoms with Gasteiger partial charge in [0.15, 0.2) is 0 Å². The summed E-state index contributed by atoms with van der Waals surface area (Å²) >= 11 is 8.82. The largest absolute Gasteiger partial charge is 0.506 e. The lowest BCUT2D eigenvalue weighted by molar-refractivity contribution is -0.384. The molecule has 1 amide bonds. The van der Waals surface area contributed by atoms with Gasteiger partial charge in [0.1, 0.15) is 5.75 Å². The SMILES string of the molecule is O=C(Nc1ccc([N+](=O)[O-])cc1Br)c1ccc(Cl)c(O)c1. The molecule has 0 spiro atoms. The number of nitrogens with zero attached hydrogens (tertiary/aromatic N) is 1. The molecule has 0 aliphatic heterocycles. The number of amides is 1. The molecule has 0 radical (unpaired) electrons. The minimum absolute atomic E-state index is 0.0935. The summed E-state index contributed by atoms with van der Waals surface area (Å²) < 4.78 is 0.378. The number of carbonyl (C=O) groups is 1. The quantitative estimate of drug-likeness (QED) is 0.631. The van der Waals surface area contributed by atoms with Crippen LogP contribution in [0.3, 0.4) is 0 Å². The number of benzene rings is 2. The Bertz CT molecular complexity index is 736. The number of halogens is 2. The van der Waals surface area contributed by atoms with Gasteiger partial charge < -0.3 is 10.4 Å². The number of hydrogen-bond acceptors (Lipinski definition) is 4. The zero-order valence-corrected chi connectivity index (χ0v) is 12.7. The summed E-state index contributed by atoms with van der Waals surface area (Å²) in [6.45, 7) is 0. The van der Waals surface area contributed by atoms with Crippen LogP contribution in [-0.4, -0.2) is 15.9 Å². The first-order chi connectivity index (χ1) is 9.88. The minimum Gasteiger partial charge on any atom is -0.506 e. The van der Waals surface area contributed by atoms with Gasteiger partial charge in [-0.2, -0.15) is 0 Å². The second kappa shape index (κ2) is 6.11. The molecule has 0 saturated carbocycles. The van der Waals surface area contributed by atoms with Crippen LogP contribution < -0.4 is 5.32 Å². The molecule has 0 fully saturated rings. The van der Waals surface area contributed by atoms with Crippen LogP contribution in [0.15, 0.2) is 40.9 Å². The van der Waals surface area contributed by atoms with Crippen LogP contribution in [-0.2, 0) is 0 Å². The van der Waals surface area contributed by atoms with E-state index in [-0.39, 0.29) is 22.0 Å². The molecular formula is C13H8BrClN2O4. The molecule has 0 heterocycles. The van der Waals surface area contributed by atoms with Crippen molar-refractivity contribution in [3.63, 3.8) is 0 Å². The fraction of sp³-hybridized carbons (Fsp3) is 0. The van der Waals surface area contributed by atoms with Gasteiger partial charge in [-0.1, -0.05) is 11.6 Å². The predicted octanol–water partition coefficient (Wildman–Crippen LogP) is 3.97. The van der Waals surface area contributed by atoms with Crippen molar-refractivity contribution in [3.05, 3.63) is 61.6 Å². The summed E-state index contributed by atoms with van der Waals surface area (Å²) in [5, 5.41) is 22.8. The molecule has 0 saturated heterocycles. The second-order valence-electron chi connectivity index (χ2n) is 4.04. The summed E-state index contributed by atoms with van der Waals surface area (Å²) in [5.41, 5.74) is 0.492. The molecule has 0 aliphatic rings. The van der Waals surface area contributed by atoms with Crippen LogP contribution in [0.4, 0.5) is 11.4 Å². The van der Waals surface area contributed by atoms with Crippen molar-refractivity contribution in [1.82, 2.24) is 0 Å². The average molecular weight is 372 g/mol. The van der Waals surface area contributed by atoms with E-state index in [4.69, 9.17) is 11.6 Å². The Balaban J connectivity index is 2.23. The highest BCUT2D eigenvalue weighted by Crippen LogP contribution is 2.28. The van der Waals surface area contributed by atoms with Crippen LogP contribution >= 0.6 is 27.5 Å². The smallest absolute Gasteiger partial charge is 0.270 e. The molecule has 0 aromatic heterocycles. The van der Waals surface area contributed by atoms with Gasteiger partial charge >= 0.3 is 0 Å². The Morgan fingerprint density at radius 3 is 2.57 bits per heavy atom. The Kier molecular flexibility index (Phi) is 4.44. The van der Waals surface area contributed by atoms with Gasteiger partial charge in [-0.3, -0.25) is 14.9 Å². The van der Waals surface area contributed by atoms with Crippen molar-refractivity contribution in [2.24, 2.45) is 0 Å². The zero-order chi connectivity index (χ0) is 15.6. The van der Waals surface area contributed by atoms with E-state index in [1.165, 1.54) is 36.4 Å². The number of nitro groups is 1. The summed E-state index contributed by atoms with van der Waals surface area (Å²) in [6, 6.07) is 8.06. The van der Waals surface area contributed by atoms with Crippen molar-refractivity contribution in [3.8, 4) is 5.75 Å². The summed E-state index contributed by atoms with van der Waals surface area (Å²) in [4.78, 5) is 22.1. The highest BCUT2D eigenvalue weighted by molar-refractivity contribution is 9.10. The number of rotatable bonds is 3. The maximum Gasteiger partial charge on any atom is 0.270 e. The van der Waals surface area contributed by atoms with Gasteiger partial charge in [0.25, 0.3) is 11.6 Å². The van der Waals surface area contributed by atoms with E-state index < -0.39 is 10.8 Å². The van der Waals surface area contributed by atoms with Gasteiger partial charge in [0.05, 0.1) is 15.6 Å². The molecule has 0 aliphatic carbocycles. The van der Waals surface area contributed by atoms with Crippen molar-refractivity contribution in [1.29, 1.82) is 0 Å². The summed E-state index contributed by atoms with van der Waals surface area (Å²) in [6.07, 6.45) is 0. The molecular weight excluding hydrogens is 364 g/mol. The molecule has 0 atom stereocenters. The molecule has 8 heteroatoms. The minimum atomic E-state index is -0.534. The van der Waals surface area contributed by atoms with Gasteiger partial charge in [-0.15, -0.1) is 0 Å². The van der Waals surface area contributed by atoms with Crippen molar-refractivity contribution < 1.29 is 14.8 Å². The van der Waals surface area contributed by atoms with Crippen LogP contribution in [0.5, 0.6) is 5.75 Å². The van der Waals surface area contributed by atoms with Gasteiger partial charge in [-0.05, 0) is 40.2 Å². The molecule has 108 valence electrons. The molecule has 2 aromatic carbocycles. The first kappa shape index (κ1) is 15.3. The van der Waals surface area contributed by atoms with E-state index >= 15 is 0 Å². The average Bonchev–Trinajstić information content (AvgIpc) is 2.43. The fourth-order valence-corrected chi connectivity index (χ4v) is 2.15. The number of nitrogens with one attached hydrogen (secondary N) is 1. The van der Waals surface area contributed by atoms with Crippen LogP contribution in [0, 0.1) is 10.1 Å². The third kappa shape index (κ3) is 3.50. The number of non-ortho nitro benzene ring substituents is 1. The van der Waals surface area contributed by atoms with Gasteiger partial charge in [0.2, 0.25) is 0 Å². The predicted molar refractivity (Wildman–Crippen MR) is 81.9 cm³/mol. The zero-order valence-electron chi connectivity index (χ0n) is 10.3. The number of carbonyl (C=O) groups excluding carboxylic acids is 1. The summed E-state index contributed by atoms with van der Waals surface area (Å²) in [5.74, 6) is -0.677. The lowest BCUT2D eigenvalue weighted by Crippen LogP contribution is -2.12. The van der Waals surface area contributed by atoms with E-state index in [0.29, 0.717) is 10.2 Å². The van der Waals surface area contributed by atoms with Crippen molar-refractivity contribution >= 4 is 44.8 Å². The van der Waals surface area contributed by atoms with Crippen molar-refractivity contribution in [2.45, 2.75) is 0 Å². The molecule has 0 unspecified atom stereocenters. The fourth-order valence-electron chi connectivity index (χ4n) is 1.57. The van der Waals surface area contributed by atoms with E-state index in [9.17, 15) is 20.0 Å². The molecule has 2 N–H and O–H groups in total. The Hall–Kier alpha value is -2.12. The third-order valence-corrected chi connectivity index (χ3v) is 3.60. The van der Waals surface area contributed by atoms with Crippen LogP contribution in [0.2, 0.25) is 5.02 Å². The van der Waals surface area contributed by atoms with Crippen LogP contribution in [0.25, 0.3) is 0 Å². The maximum absolute atomic E-state index is 12.0. The maximum atomic E-state index is 12.0. The monoisotopic (exact) mass is 370 g/mol. The van der Waals surface area contributed by atoms with Gasteiger partial charge in [-0.25, -0.2) is 0 Å². The van der Waals surface area contributed by atoms with E-state index in [1.807, 2.05) is 0 Å². The molecule has 2 rings (SSSR count). The van der Waals surface area contributed by atoms with E-state index in [1.54, 1.807) is 0 Å². The molecule has 6 nitrogen and oxygen atoms in total. The Morgan fingerprint density at radius 1 is 1.29 bits per heavy atom. The van der Waals surface area contributed by atoms with Crippen molar-refractivity contribution in [2.75, 3.05) is 5.32 Å². The summed E-state index contributed by atoms with van der Waals surface area (Å²) in [7, 11) is 0. The number of phenols is 1. The Morgan fingerprint density at radius 2 is 2.00 bits per heavy atom. The topological polar surface area (TPSA) is 92.5 Å². The first-order valence-corrected chi connectivity index (χ1v) is 6.79. The number of anilines is 1. The highest BCUT2D eigenvalue weighted by Gasteiger charge is 2.13. The second-order valence-corrected chi connectivity index (χ2v) is 5.30. The van der Waals surface area contributed by atoms with Gasteiger partial charge in [0, 0.05) is 22.2 Å². The number of hydrogen-bond donors (Lipinski definition) is 2. The molecule has 21 heavy (non-hydrogen) atoms. The number of aromatic hydroxyl groups is 1. The van der Waals surface area contributed by atoms with E-state index in [0.717, 1.165) is 0 Å². The van der Waals surface area contributed by atoms with E-state index in [2.05, 4.69) is 21.2 Å². The Labute approximate surface area is 132 Å². The normalized spacial score (nSPS) is 10.2. The lowest BCUT2D eigenvalue weighted by Gasteiger charge is -2.08. The third-order valence-electron chi connectivity index (χ3n) is 2.62. The highest BCUT2D eigenvalue weighted by atomic mass is 79.9. The number of nitro benzene ring substituents is 1. The molecule has 2 aromatic rings. The van der Waals surface area contributed by atoms with Crippen LogP contribution in [0.1, 0.15) is 10.4 Å². The molecule has 0 bridgehead atoms. The lowest BCUT2D eigenvalue weighted by atomic mass is 10.2. The number of phenolic OH excluding ortho intramolecular Hbond substituents is 1. The first-order valence-electron chi connectivity index (χ1n) is 5.62.